The molecule has 0 unspecified atom stereocenters. The molecule has 0 aromatic heterocycles. The molecular weight excluding hydrogens is 474 g/mol. The summed E-state index contributed by atoms with van der Waals surface area (Å²) in [6.45, 7) is 1.15. The molecule has 0 saturated carbocycles. The maximum atomic E-state index is 13.1. The predicted molar refractivity (Wildman–Crippen MR) is 124 cm³/mol. The maximum absolute atomic E-state index is 13.1. The van der Waals surface area contributed by atoms with Gasteiger partial charge in [-0.3, -0.25) is 25.7 Å². The van der Waals surface area contributed by atoms with Crippen LogP contribution in [0.15, 0.2) is 47.4 Å². The molecule has 33 heavy (non-hydrogen) atoms. The molecule has 1 aliphatic rings. The molecule has 1 saturated heterocycles. The van der Waals surface area contributed by atoms with E-state index in [9.17, 15) is 28.4 Å². The number of benzene rings is 2. The molecule has 2 aromatic rings. The number of non-ortho nitro benzene ring substituents is 1. The number of nitro benzene ring substituents is 1. The Balaban J connectivity index is 1.81. The summed E-state index contributed by atoms with van der Waals surface area (Å²) in [5, 5.41) is 23.6. The molecule has 0 radical (unpaired) electrons. The van der Waals surface area contributed by atoms with E-state index >= 15 is 0 Å². The van der Waals surface area contributed by atoms with Gasteiger partial charge in [0.15, 0.2) is 5.11 Å². The number of thiocarbonyl (C=S) groups is 1. The van der Waals surface area contributed by atoms with Gasteiger partial charge in [-0.25, -0.2) is 13.2 Å². The van der Waals surface area contributed by atoms with Crippen LogP contribution in [0.4, 0.5) is 17.1 Å². The first-order chi connectivity index (χ1) is 15.7. The monoisotopic (exact) mass is 495 g/mol. The Hall–Kier alpha value is -3.49. The first-order valence-corrected chi connectivity index (χ1v) is 11.6. The summed E-state index contributed by atoms with van der Waals surface area (Å²) in [4.78, 5) is 21.4. The van der Waals surface area contributed by atoms with Crippen molar-refractivity contribution in [1.82, 2.24) is 10.7 Å². The number of carboxylic acids is 1. The van der Waals surface area contributed by atoms with E-state index in [-0.39, 0.29) is 28.2 Å². The predicted octanol–water partition coefficient (Wildman–Crippen LogP) is 2.06. The number of rotatable bonds is 9. The first kappa shape index (κ1) is 24.2. The van der Waals surface area contributed by atoms with Gasteiger partial charge in [0.25, 0.3) is 15.7 Å². The third-order valence-corrected chi connectivity index (χ3v) is 6.34. The van der Waals surface area contributed by atoms with Gasteiger partial charge in [-0.05, 0) is 43.3 Å². The Kier molecular flexibility index (Phi) is 7.63. The molecule has 5 N–H and O–H groups in total. The lowest BCUT2D eigenvalue weighted by Gasteiger charge is -2.17. The molecule has 14 heteroatoms. The highest BCUT2D eigenvalue weighted by molar-refractivity contribution is 7.93. The zero-order valence-corrected chi connectivity index (χ0v) is 18.7. The zero-order valence-electron chi connectivity index (χ0n) is 17.1. The fourth-order valence-electron chi connectivity index (χ4n) is 3.09. The topological polar surface area (TPSA) is 172 Å². The number of carboxylic acid groups (broad SMARTS) is 1. The Bertz CT molecular complexity index is 1170. The summed E-state index contributed by atoms with van der Waals surface area (Å²) in [6.07, 6.45) is 1.89. The smallest absolute Gasteiger partial charge is 0.337 e. The second kappa shape index (κ2) is 10.4. The zero-order chi connectivity index (χ0) is 24.0. The van der Waals surface area contributed by atoms with Gasteiger partial charge in [-0.2, -0.15) is 0 Å². The van der Waals surface area contributed by atoms with Crippen molar-refractivity contribution in [3.05, 3.63) is 58.1 Å². The van der Waals surface area contributed by atoms with Gasteiger partial charge in [-0.15, -0.1) is 0 Å². The molecule has 1 atom stereocenters. The average molecular weight is 496 g/mol. The van der Waals surface area contributed by atoms with Crippen molar-refractivity contribution in [1.29, 1.82) is 0 Å². The number of para-hydroxylation sites is 1. The second-order valence-electron chi connectivity index (χ2n) is 6.99. The normalized spacial score (nSPS) is 15.5. The molecule has 0 amide bonds. The molecule has 176 valence electrons. The lowest BCUT2D eigenvalue weighted by atomic mass is 10.2. The highest BCUT2D eigenvalue weighted by Gasteiger charge is 2.25. The fourth-order valence-corrected chi connectivity index (χ4v) is 4.49. The standard InChI is InChI=1S/C19H21N5O7S2/c25-18(26)14-5-1-2-6-15(14)23-33(29,30)17-10-12(24(27)28)7-8-16(17)21-22-19(32)20-11-13-4-3-9-31-13/h1-2,5-8,10,13,21,23H,3-4,9,11H2,(H,25,26)(H2,20,22,32)/t13-/m1/s1. The van der Waals surface area contributed by atoms with Gasteiger partial charge in [0.1, 0.15) is 4.90 Å². The summed E-state index contributed by atoms with van der Waals surface area (Å²) in [5.41, 5.74) is 4.29. The van der Waals surface area contributed by atoms with Crippen LogP contribution < -0.4 is 20.9 Å². The lowest BCUT2D eigenvalue weighted by Crippen LogP contribution is -2.42. The molecule has 1 aliphatic heterocycles. The number of carbonyl (C=O) groups is 1. The summed E-state index contributed by atoms with van der Waals surface area (Å²) < 4.78 is 33.8. The van der Waals surface area contributed by atoms with Gasteiger partial charge < -0.3 is 15.2 Å². The maximum Gasteiger partial charge on any atom is 0.337 e. The number of nitrogens with zero attached hydrogens (tertiary/aromatic N) is 1. The molecule has 3 rings (SSSR count). The molecule has 12 nitrogen and oxygen atoms in total. The molecule has 0 spiro atoms. The van der Waals surface area contributed by atoms with Crippen LogP contribution in [0.3, 0.4) is 0 Å². The van der Waals surface area contributed by atoms with Crippen LogP contribution in [0.5, 0.6) is 0 Å². The number of nitro groups is 1. The van der Waals surface area contributed by atoms with Crippen molar-refractivity contribution < 1.29 is 28.0 Å². The molecule has 1 heterocycles. The van der Waals surface area contributed by atoms with Crippen molar-refractivity contribution in [2.75, 3.05) is 23.3 Å². The lowest BCUT2D eigenvalue weighted by molar-refractivity contribution is -0.385. The number of hydrogen-bond acceptors (Lipinski definition) is 8. The van der Waals surface area contributed by atoms with E-state index in [1.165, 1.54) is 30.3 Å². The minimum atomic E-state index is -4.43. The van der Waals surface area contributed by atoms with E-state index in [4.69, 9.17) is 17.0 Å². The Morgan fingerprint density at radius 3 is 2.67 bits per heavy atom. The van der Waals surface area contributed by atoms with Gasteiger partial charge in [-0.1, -0.05) is 12.1 Å². The summed E-state index contributed by atoms with van der Waals surface area (Å²) in [5.74, 6) is -1.34. The highest BCUT2D eigenvalue weighted by Crippen LogP contribution is 2.29. The quantitative estimate of drug-likeness (QED) is 0.196. The van der Waals surface area contributed by atoms with Gasteiger partial charge in [0.05, 0.1) is 28.0 Å². The van der Waals surface area contributed by atoms with E-state index in [0.717, 1.165) is 25.0 Å². The van der Waals surface area contributed by atoms with Crippen molar-refractivity contribution in [2.24, 2.45) is 0 Å². The summed E-state index contributed by atoms with van der Waals surface area (Å²) in [6, 6.07) is 8.58. The number of hydrogen-bond donors (Lipinski definition) is 5. The number of aromatic carboxylic acids is 1. The third-order valence-electron chi connectivity index (χ3n) is 4.69. The van der Waals surface area contributed by atoms with Crippen LogP contribution in [0.1, 0.15) is 23.2 Å². The number of nitrogens with one attached hydrogen (secondary N) is 4. The molecule has 1 fully saturated rings. The molecule has 0 aliphatic carbocycles. The Labute approximate surface area is 194 Å². The number of sulfonamides is 1. The molecule has 0 bridgehead atoms. The first-order valence-electron chi connectivity index (χ1n) is 9.72. The number of hydrazine groups is 1. The van der Waals surface area contributed by atoms with E-state index in [2.05, 4.69) is 20.9 Å². The fraction of sp³-hybridized carbons (Fsp3) is 0.263. The van der Waals surface area contributed by atoms with Crippen molar-refractivity contribution >= 4 is 50.4 Å². The van der Waals surface area contributed by atoms with Crippen LogP contribution >= 0.6 is 12.2 Å². The van der Waals surface area contributed by atoms with E-state index in [1.807, 2.05) is 0 Å². The van der Waals surface area contributed by atoms with Crippen molar-refractivity contribution in [3.8, 4) is 0 Å². The number of anilines is 2. The van der Waals surface area contributed by atoms with Crippen LogP contribution in [0.25, 0.3) is 0 Å². The third kappa shape index (κ3) is 6.27. The minimum Gasteiger partial charge on any atom is -0.478 e. The average Bonchev–Trinajstić information content (AvgIpc) is 3.29. The van der Waals surface area contributed by atoms with E-state index in [0.29, 0.717) is 13.2 Å². The highest BCUT2D eigenvalue weighted by atomic mass is 32.2. The largest absolute Gasteiger partial charge is 0.478 e. The van der Waals surface area contributed by atoms with E-state index in [1.54, 1.807) is 0 Å². The van der Waals surface area contributed by atoms with Crippen LogP contribution in [0, 0.1) is 10.1 Å². The van der Waals surface area contributed by atoms with Gasteiger partial charge in [0.2, 0.25) is 0 Å². The summed E-state index contributed by atoms with van der Waals surface area (Å²) in [7, 11) is -4.43. The molecular formula is C19H21N5O7S2. The van der Waals surface area contributed by atoms with Gasteiger partial charge in [0, 0.05) is 25.3 Å². The molecule has 2 aromatic carbocycles. The Morgan fingerprint density at radius 1 is 1.24 bits per heavy atom. The Morgan fingerprint density at radius 2 is 2.00 bits per heavy atom. The summed E-state index contributed by atoms with van der Waals surface area (Å²) >= 11 is 5.16. The minimum absolute atomic E-state index is 0.0265. The SMILES string of the molecule is O=C(O)c1ccccc1NS(=O)(=O)c1cc([N+](=O)[O-])ccc1NNC(=S)NC[C@H]1CCCO1. The second-order valence-corrected chi connectivity index (χ2v) is 9.05. The van der Waals surface area contributed by atoms with Crippen LogP contribution in [-0.2, 0) is 14.8 Å². The van der Waals surface area contributed by atoms with E-state index < -0.39 is 31.5 Å². The van der Waals surface area contributed by atoms with Crippen LogP contribution in [0.2, 0.25) is 0 Å². The van der Waals surface area contributed by atoms with Crippen LogP contribution in [-0.4, -0.2) is 48.8 Å². The number of ether oxygens (including phenoxy) is 1. The van der Waals surface area contributed by atoms with Gasteiger partial charge >= 0.3 is 5.97 Å². The van der Waals surface area contributed by atoms with Crippen molar-refractivity contribution in [3.63, 3.8) is 0 Å². The van der Waals surface area contributed by atoms with Crippen molar-refractivity contribution in [2.45, 2.75) is 23.8 Å².